The number of rotatable bonds is 6. The van der Waals surface area contributed by atoms with Gasteiger partial charge in [0, 0.05) is 17.6 Å². The van der Waals surface area contributed by atoms with Crippen LogP contribution in [0.2, 0.25) is 0 Å². The Morgan fingerprint density at radius 2 is 2.20 bits per heavy atom. The fourth-order valence-corrected chi connectivity index (χ4v) is 1.73. The lowest BCUT2D eigenvalue weighted by Gasteiger charge is -2.15. The molecule has 0 spiro atoms. The maximum absolute atomic E-state index is 9.19. The number of aromatic nitrogens is 2. The van der Waals surface area contributed by atoms with E-state index in [4.69, 9.17) is 5.73 Å². The van der Waals surface area contributed by atoms with Crippen LogP contribution in [0.1, 0.15) is 13.3 Å². The van der Waals surface area contributed by atoms with E-state index in [1.165, 1.54) is 0 Å². The van der Waals surface area contributed by atoms with Crippen LogP contribution in [-0.4, -0.2) is 27.7 Å². The second-order valence-corrected chi connectivity index (χ2v) is 4.45. The Balaban J connectivity index is 2.09. The maximum Gasteiger partial charge on any atom is 0.229 e. The molecule has 0 amide bonds. The van der Waals surface area contributed by atoms with E-state index >= 15 is 0 Å². The van der Waals surface area contributed by atoms with Crippen LogP contribution in [0.4, 0.5) is 23.1 Å². The summed E-state index contributed by atoms with van der Waals surface area (Å²) >= 11 is 0. The number of aliphatic hydroxyl groups is 1. The third-order valence-electron chi connectivity index (χ3n) is 2.86. The second kappa shape index (κ2) is 6.72. The quantitative estimate of drug-likeness (QED) is 0.601. The fourth-order valence-electron chi connectivity index (χ4n) is 1.73. The lowest BCUT2D eigenvalue weighted by Crippen LogP contribution is -2.23. The summed E-state index contributed by atoms with van der Waals surface area (Å²) in [5.74, 6) is 1.15. The van der Waals surface area contributed by atoms with Crippen molar-refractivity contribution >= 4 is 23.1 Å². The molecule has 0 saturated heterocycles. The van der Waals surface area contributed by atoms with Crippen LogP contribution in [0.5, 0.6) is 0 Å². The number of nitrogens with one attached hydrogen (secondary N) is 2. The van der Waals surface area contributed by atoms with Gasteiger partial charge in [0.25, 0.3) is 0 Å². The summed E-state index contributed by atoms with van der Waals surface area (Å²) < 4.78 is 0. The van der Waals surface area contributed by atoms with Crippen LogP contribution in [0, 0.1) is 0 Å². The van der Waals surface area contributed by atoms with Gasteiger partial charge in [-0.2, -0.15) is 4.98 Å². The number of hydrogen-bond acceptors (Lipinski definition) is 6. The number of aliphatic hydroxyl groups excluding tert-OH is 1. The van der Waals surface area contributed by atoms with E-state index in [9.17, 15) is 5.11 Å². The Labute approximate surface area is 118 Å². The fraction of sp³-hybridized carbons (Fsp3) is 0.286. The normalized spacial score (nSPS) is 11.9. The molecule has 106 valence electrons. The molecule has 0 fully saturated rings. The van der Waals surface area contributed by atoms with Gasteiger partial charge < -0.3 is 21.5 Å². The van der Waals surface area contributed by atoms with E-state index in [-0.39, 0.29) is 12.6 Å². The minimum Gasteiger partial charge on any atom is -0.399 e. The van der Waals surface area contributed by atoms with Crippen molar-refractivity contribution in [3.8, 4) is 0 Å². The summed E-state index contributed by atoms with van der Waals surface area (Å²) in [5.41, 5.74) is 7.23. The van der Waals surface area contributed by atoms with Crippen molar-refractivity contribution in [3.63, 3.8) is 0 Å². The smallest absolute Gasteiger partial charge is 0.229 e. The van der Waals surface area contributed by atoms with Gasteiger partial charge in [0.2, 0.25) is 5.95 Å². The van der Waals surface area contributed by atoms with E-state index < -0.39 is 0 Å². The average molecular weight is 273 g/mol. The van der Waals surface area contributed by atoms with Crippen molar-refractivity contribution in [2.45, 2.75) is 19.4 Å². The molecular formula is C14H19N5O. The van der Waals surface area contributed by atoms with Crippen LogP contribution in [0.3, 0.4) is 0 Å². The van der Waals surface area contributed by atoms with Crippen molar-refractivity contribution < 1.29 is 5.11 Å². The van der Waals surface area contributed by atoms with Crippen LogP contribution in [0.25, 0.3) is 0 Å². The minimum atomic E-state index is -0.00915. The standard InChI is InChI=1S/C14H19N5O/c1-2-11(9-20)17-13-6-7-16-14(19-13)18-12-5-3-4-10(15)8-12/h3-8,11,20H,2,9,15H2,1H3,(H2,16,17,18,19)/t11-/m0/s1. The van der Waals surface area contributed by atoms with Gasteiger partial charge in [-0.15, -0.1) is 0 Å². The van der Waals surface area contributed by atoms with Gasteiger partial charge in [0.1, 0.15) is 5.82 Å². The predicted octanol–water partition coefficient (Wildman–Crippen LogP) is 1.99. The van der Waals surface area contributed by atoms with Gasteiger partial charge in [-0.3, -0.25) is 0 Å². The molecule has 0 unspecified atom stereocenters. The molecule has 1 aromatic carbocycles. The first kappa shape index (κ1) is 14.1. The monoisotopic (exact) mass is 273 g/mol. The lowest BCUT2D eigenvalue weighted by molar-refractivity contribution is 0.271. The van der Waals surface area contributed by atoms with Gasteiger partial charge in [-0.05, 0) is 30.7 Å². The predicted molar refractivity (Wildman–Crippen MR) is 81.0 cm³/mol. The topological polar surface area (TPSA) is 96.1 Å². The molecule has 1 heterocycles. The van der Waals surface area contributed by atoms with Crippen molar-refractivity contribution in [2.75, 3.05) is 23.0 Å². The number of nitrogens with two attached hydrogens (primary N) is 1. The molecule has 1 aromatic heterocycles. The van der Waals surface area contributed by atoms with Crippen LogP contribution >= 0.6 is 0 Å². The zero-order valence-electron chi connectivity index (χ0n) is 11.4. The Bertz CT molecular complexity index is 557. The summed E-state index contributed by atoms with van der Waals surface area (Å²) in [5, 5.41) is 15.4. The summed E-state index contributed by atoms with van der Waals surface area (Å²) in [4.78, 5) is 8.51. The third-order valence-corrected chi connectivity index (χ3v) is 2.86. The molecule has 1 atom stereocenters. The zero-order valence-corrected chi connectivity index (χ0v) is 11.4. The van der Waals surface area contributed by atoms with Crippen molar-refractivity contribution in [3.05, 3.63) is 36.5 Å². The van der Waals surface area contributed by atoms with E-state index in [1.807, 2.05) is 31.2 Å². The summed E-state index contributed by atoms with van der Waals surface area (Å²) in [6.07, 6.45) is 2.48. The Hall–Kier alpha value is -2.34. The molecule has 20 heavy (non-hydrogen) atoms. The molecule has 6 nitrogen and oxygen atoms in total. The SMILES string of the molecule is CC[C@@H](CO)Nc1ccnc(Nc2cccc(N)c2)n1. The van der Waals surface area contributed by atoms with Crippen LogP contribution in [0.15, 0.2) is 36.5 Å². The number of nitrogen functional groups attached to an aromatic ring is 1. The molecular weight excluding hydrogens is 254 g/mol. The van der Waals surface area contributed by atoms with Gasteiger partial charge in [0.15, 0.2) is 0 Å². The molecule has 0 aliphatic rings. The molecule has 0 bridgehead atoms. The van der Waals surface area contributed by atoms with E-state index in [0.29, 0.717) is 17.5 Å². The molecule has 0 aliphatic carbocycles. The summed E-state index contributed by atoms with van der Waals surface area (Å²) in [6.45, 7) is 2.07. The van der Waals surface area contributed by atoms with Crippen LogP contribution in [-0.2, 0) is 0 Å². The second-order valence-electron chi connectivity index (χ2n) is 4.45. The lowest BCUT2D eigenvalue weighted by atomic mass is 10.2. The largest absolute Gasteiger partial charge is 0.399 e. The van der Waals surface area contributed by atoms with Gasteiger partial charge in [0.05, 0.1) is 12.6 Å². The molecule has 2 rings (SSSR count). The number of hydrogen-bond donors (Lipinski definition) is 4. The highest BCUT2D eigenvalue weighted by Crippen LogP contribution is 2.17. The van der Waals surface area contributed by atoms with Crippen molar-refractivity contribution in [1.29, 1.82) is 0 Å². The summed E-state index contributed by atoms with van der Waals surface area (Å²) in [7, 11) is 0. The van der Waals surface area contributed by atoms with Crippen LogP contribution < -0.4 is 16.4 Å². The third kappa shape index (κ3) is 3.83. The van der Waals surface area contributed by atoms with E-state index in [2.05, 4.69) is 20.6 Å². The average Bonchev–Trinajstić information content (AvgIpc) is 2.45. The first-order valence-corrected chi connectivity index (χ1v) is 6.54. The first-order chi connectivity index (χ1) is 9.71. The minimum absolute atomic E-state index is 0.00915. The molecule has 0 saturated carbocycles. The zero-order chi connectivity index (χ0) is 14.4. The van der Waals surface area contributed by atoms with Crippen molar-refractivity contribution in [2.24, 2.45) is 0 Å². The van der Waals surface area contributed by atoms with Gasteiger partial charge in [-0.25, -0.2) is 4.98 Å². The van der Waals surface area contributed by atoms with E-state index in [0.717, 1.165) is 12.1 Å². The maximum atomic E-state index is 9.19. The van der Waals surface area contributed by atoms with Gasteiger partial charge in [-0.1, -0.05) is 13.0 Å². The highest BCUT2D eigenvalue weighted by molar-refractivity contribution is 5.60. The molecule has 6 heteroatoms. The Morgan fingerprint density at radius 1 is 1.35 bits per heavy atom. The highest BCUT2D eigenvalue weighted by Gasteiger charge is 2.06. The Morgan fingerprint density at radius 3 is 2.90 bits per heavy atom. The number of nitrogens with zero attached hydrogens (tertiary/aromatic N) is 2. The Kier molecular flexibility index (Phi) is 4.73. The van der Waals surface area contributed by atoms with Crippen molar-refractivity contribution in [1.82, 2.24) is 9.97 Å². The molecule has 2 aromatic rings. The van der Waals surface area contributed by atoms with Gasteiger partial charge >= 0.3 is 0 Å². The first-order valence-electron chi connectivity index (χ1n) is 6.54. The number of anilines is 4. The molecule has 0 radical (unpaired) electrons. The summed E-state index contributed by atoms with van der Waals surface area (Å²) in [6, 6.07) is 9.14. The number of benzene rings is 1. The van der Waals surface area contributed by atoms with E-state index in [1.54, 1.807) is 12.3 Å². The molecule has 5 N–H and O–H groups in total. The highest BCUT2D eigenvalue weighted by atomic mass is 16.3. The molecule has 0 aliphatic heterocycles.